The Labute approximate surface area is 262 Å². The fourth-order valence-corrected chi connectivity index (χ4v) is 12.6. The highest BCUT2D eigenvalue weighted by molar-refractivity contribution is 5.43. The minimum absolute atomic E-state index is 0.0638. The van der Waals surface area contributed by atoms with E-state index in [-0.39, 0.29) is 45.7 Å². The quantitative estimate of drug-likeness (QED) is 0.261. The van der Waals surface area contributed by atoms with E-state index in [1.165, 1.54) is 12.0 Å². The van der Waals surface area contributed by atoms with Gasteiger partial charge in [0, 0.05) is 10.8 Å². The summed E-state index contributed by atoms with van der Waals surface area (Å²) in [7, 11) is 0. The van der Waals surface area contributed by atoms with E-state index >= 15 is 0 Å². The third-order valence-corrected chi connectivity index (χ3v) is 15.0. The fraction of sp³-hybridized carbons (Fsp3) is 0.943. The lowest BCUT2D eigenvalue weighted by Gasteiger charge is -2.63. The van der Waals surface area contributed by atoms with Crippen LogP contribution in [0.1, 0.15) is 99.8 Å². The van der Waals surface area contributed by atoms with E-state index in [1.807, 2.05) is 0 Å². The van der Waals surface area contributed by atoms with Crippen molar-refractivity contribution in [1.29, 1.82) is 0 Å². The number of rotatable bonds is 4. The van der Waals surface area contributed by atoms with Crippen LogP contribution in [0.15, 0.2) is 11.3 Å². The number of aliphatic hydroxyl groups excluding tert-OH is 5. The van der Waals surface area contributed by atoms with Crippen molar-refractivity contribution < 1.29 is 44.8 Å². The van der Waals surface area contributed by atoms with Gasteiger partial charge in [-0.05, 0) is 105 Å². The van der Waals surface area contributed by atoms with E-state index in [2.05, 4.69) is 34.6 Å². The van der Waals surface area contributed by atoms with E-state index in [0.29, 0.717) is 24.0 Å². The summed E-state index contributed by atoms with van der Waals surface area (Å²) in [5.41, 5.74) is -0.502. The molecule has 9 heteroatoms. The van der Waals surface area contributed by atoms with Gasteiger partial charge in [-0.3, -0.25) is 0 Å². The van der Waals surface area contributed by atoms with Crippen LogP contribution in [0.3, 0.4) is 0 Å². The molecule has 2 heterocycles. The lowest BCUT2D eigenvalue weighted by molar-refractivity contribution is -0.303. The van der Waals surface area contributed by atoms with Gasteiger partial charge < -0.3 is 44.8 Å². The molecule has 5 fully saturated rings. The van der Waals surface area contributed by atoms with Crippen molar-refractivity contribution in [2.45, 2.75) is 154 Å². The first-order chi connectivity index (χ1) is 20.4. The maximum absolute atomic E-state index is 12.3. The van der Waals surface area contributed by atoms with Crippen LogP contribution in [-0.4, -0.2) is 91.9 Å². The number of ether oxygens (including phenoxy) is 3. The smallest absolute Gasteiger partial charge is 0.186 e. The molecular formula is C35H56O9. The average molecular weight is 621 g/mol. The molecule has 6 N–H and O–H groups in total. The molecule has 250 valence electrons. The Morgan fingerprint density at radius 1 is 0.909 bits per heavy atom. The number of hydrogen-bond acceptors (Lipinski definition) is 9. The first-order valence-electron chi connectivity index (χ1n) is 17.2. The SMILES string of the molecule is C[C@@H]1C[C@H]([C@H](O)C(C)(C)O)OC2=C1[C@@]1(C)CC[C@@]34C[C@@]35CC[C@H](O[C@@H]3OC[C@@H](O)[C@H](O)[C@H]3O)C(C)(C)[C@@H]5CC[C@H]4[C@]1(C)[C@H]2O. The standard InChI is InChI=1S/C35H56O9/c1-17-14-19(27(39)31(4,5)41)43-26-23(17)32(6)12-13-35-16-34(35)11-10-22(44-29-25(38)24(37)18(36)15-42-29)30(2,3)20(34)8-9-21(35)33(32,7)28(26)40/h17-22,24-25,27-29,36-41H,8-16H2,1-7H3/t17-,18-,19-,20+,21+,22+,24+,25-,27+,28+,29+,32-,33-,34-,35+/m1/s1. The first-order valence-corrected chi connectivity index (χ1v) is 17.2. The Kier molecular flexibility index (Phi) is 6.97. The number of allylic oxidation sites excluding steroid dienone is 1. The molecule has 0 unspecified atom stereocenters. The lowest BCUT2D eigenvalue weighted by atomic mass is 9.41. The lowest BCUT2D eigenvalue weighted by Crippen LogP contribution is -2.61. The Bertz CT molecular complexity index is 1210. The van der Waals surface area contributed by atoms with Crippen molar-refractivity contribution in [1.82, 2.24) is 0 Å². The van der Waals surface area contributed by atoms with Gasteiger partial charge in [0.1, 0.15) is 42.4 Å². The second-order valence-corrected chi connectivity index (χ2v) is 17.6. The highest BCUT2D eigenvalue weighted by Gasteiger charge is 2.83. The van der Waals surface area contributed by atoms with Gasteiger partial charge >= 0.3 is 0 Å². The van der Waals surface area contributed by atoms with Crippen LogP contribution < -0.4 is 0 Å². The molecule has 7 rings (SSSR count). The van der Waals surface area contributed by atoms with Gasteiger partial charge in [-0.25, -0.2) is 0 Å². The molecule has 0 aromatic carbocycles. The Hall–Kier alpha value is -0.780. The van der Waals surface area contributed by atoms with Crippen LogP contribution in [0.4, 0.5) is 0 Å². The van der Waals surface area contributed by atoms with Crippen LogP contribution in [0.5, 0.6) is 0 Å². The van der Waals surface area contributed by atoms with Crippen molar-refractivity contribution in [2.75, 3.05) is 6.61 Å². The highest BCUT2D eigenvalue weighted by Crippen LogP contribution is 2.89. The van der Waals surface area contributed by atoms with E-state index in [9.17, 15) is 30.6 Å². The number of hydrogen-bond donors (Lipinski definition) is 6. The molecule has 0 bridgehead atoms. The van der Waals surface area contributed by atoms with E-state index < -0.39 is 48.5 Å². The molecule has 4 saturated carbocycles. The van der Waals surface area contributed by atoms with Gasteiger partial charge in [0.05, 0.1) is 18.3 Å². The van der Waals surface area contributed by atoms with E-state index in [4.69, 9.17) is 14.2 Å². The molecule has 1 saturated heterocycles. The van der Waals surface area contributed by atoms with Crippen LogP contribution in [0, 0.1) is 44.8 Å². The van der Waals surface area contributed by atoms with Gasteiger partial charge in [0.15, 0.2) is 6.29 Å². The summed E-state index contributed by atoms with van der Waals surface area (Å²) >= 11 is 0. The van der Waals surface area contributed by atoms with Crippen LogP contribution in [0.25, 0.3) is 0 Å². The zero-order chi connectivity index (χ0) is 32.0. The van der Waals surface area contributed by atoms with Crippen LogP contribution in [0.2, 0.25) is 0 Å². The topological polar surface area (TPSA) is 149 Å². The summed E-state index contributed by atoms with van der Waals surface area (Å²) in [6, 6.07) is 0. The Balaban J connectivity index is 1.15. The molecule has 0 aromatic heterocycles. The Morgan fingerprint density at radius 2 is 1.57 bits per heavy atom. The van der Waals surface area contributed by atoms with Gasteiger partial charge in [-0.15, -0.1) is 0 Å². The zero-order valence-corrected chi connectivity index (χ0v) is 27.6. The molecule has 5 aliphatic carbocycles. The molecule has 2 aliphatic heterocycles. The highest BCUT2D eigenvalue weighted by atomic mass is 16.7. The summed E-state index contributed by atoms with van der Waals surface area (Å²) in [6.07, 6.45) is 0.672. The van der Waals surface area contributed by atoms with Crippen LogP contribution >= 0.6 is 0 Å². The second-order valence-electron chi connectivity index (χ2n) is 17.6. The van der Waals surface area contributed by atoms with E-state index in [0.717, 1.165) is 38.5 Å². The zero-order valence-electron chi connectivity index (χ0n) is 27.6. The molecule has 7 aliphatic rings. The summed E-state index contributed by atoms with van der Waals surface area (Å²) in [6.45, 7) is 14.6. The van der Waals surface area contributed by atoms with Gasteiger partial charge in [-0.2, -0.15) is 0 Å². The fourth-order valence-electron chi connectivity index (χ4n) is 12.6. The molecular weight excluding hydrogens is 564 g/mol. The van der Waals surface area contributed by atoms with Crippen LogP contribution in [-0.2, 0) is 14.2 Å². The molecule has 9 nitrogen and oxygen atoms in total. The van der Waals surface area contributed by atoms with Crippen molar-refractivity contribution in [3.05, 3.63) is 11.3 Å². The summed E-state index contributed by atoms with van der Waals surface area (Å²) < 4.78 is 18.6. The first kappa shape index (κ1) is 31.8. The predicted octanol–water partition coefficient (Wildman–Crippen LogP) is 3.03. The maximum Gasteiger partial charge on any atom is 0.186 e. The van der Waals surface area contributed by atoms with Gasteiger partial charge in [0.2, 0.25) is 0 Å². The summed E-state index contributed by atoms with van der Waals surface area (Å²) in [5.74, 6) is 1.57. The number of aliphatic hydroxyl groups is 6. The molecule has 15 atom stereocenters. The maximum atomic E-state index is 12.3. The molecule has 0 aromatic rings. The van der Waals surface area contributed by atoms with Crippen molar-refractivity contribution in [3.8, 4) is 0 Å². The second kappa shape index (κ2) is 9.65. The van der Waals surface area contributed by atoms with Gasteiger partial charge in [0.25, 0.3) is 0 Å². The predicted molar refractivity (Wildman–Crippen MR) is 161 cm³/mol. The van der Waals surface area contributed by atoms with Crippen molar-refractivity contribution in [3.63, 3.8) is 0 Å². The molecule has 2 spiro atoms. The summed E-state index contributed by atoms with van der Waals surface area (Å²) in [4.78, 5) is 0. The third kappa shape index (κ3) is 3.81. The minimum atomic E-state index is -1.30. The Morgan fingerprint density at radius 3 is 2.25 bits per heavy atom. The van der Waals surface area contributed by atoms with Crippen molar-refractivity contribution in [2.24, 2.45) is 44.8 Å². The molecule has 44 heavy (non-hydrogen) atoms. The normalized spacial score (nSPS) is 55.1. The summed E-state index contributed by atoms with van der Waals surface area (Å²) in [5, 5.41) is 64.6. The minimum Gasteiger partial charge on any atom is -0.489 e. The molecule has 0 radical (unpaired) electrons. The van der Waals surface area contributed by atoms with Crippen molar-refractivity contribution >= 4 is 0 Å². The molecule has 0 amide bonds. The largest absolute Gasteiger partial charge is 0.489 e. The van der Waals surface area contributed by atoms with E-state index in [1.54, 1.807) is 13.8 Å². The number of fused-ring (bicyclic) bond motifs is 3. The average Bonchev–Trinajstić information content (AvgIpc) is 3.58. The van der Waals surface area contributed by atoms with Gasteiger partial charge in [-0.1, -0.05) is 34.6 Å². The monoisotopic (exact) mass is 620 g/mol. The third-order valence-electron chi connectivity index (χ3n) is 15.0.